The zero-order valence-electron chi connectivity index (χ0n) is 17.0. The van der Waals surface area contributed by atoms with E-state index in [1.165, 1.54) is 18.2 Å². The van der Waals surface area contributed by atoms with Crippen LogP contribution in [0.3, 0.4) is 0 Å². The maximum Gasteiger partial charge on any atom is 0.258 e. The second kappa shape index (κ2) is 7.20. The van der Waals surface area contributed by atoms with Crippen molar-refractivity contribution in [1.82, 2.24) is 9.88 Å². The quantitative estimate of drug-likeness (QED) is 0.544. The van der Waals surface area contributed by atoms with Crippen molar-refractivity contribution in [3.63, 3.8) is 0 Å². The van der Waals surface area contributed by atoms with Crippen LogP contribution in [0.2, 0.25) is 0 Å². The molecule has 3 aromatic rings. The molecule has 4 rings (SSSR count). The average Bonchev–Trinajstić information content (AvgIpc) is 2.98. The van der Waals surface area contributed by atoms with Crippen LogP contribution < -0.4 is 0 Å². The van der Waals surface area contributed by atoms with Gasteiger partial charge in [-0.25, -0.2) is 0 Å². The maximum atomic E-state index is 12.6. The van der Waals surface area contributed by atoms with Crippen molar-refractivity contribution in [2.75, 3.05) is 14.2 Å². The summed E-state index contributed by atoms with van der Waals surface area (Å²) in [5.74, 6) is -0.281. The van der Waals surface area contributed by atoms with Crippen LogP contribution in [0.4, 0.5) is 0 Å². The number of phenols is 1. The lowest BCUT2D eigenvalue weighted by Gasteiger charge is -2.14. The summed E-state index contributed by atoms with van der Waals surface area (Å²) in [5.41, 5.74) is 6.33. The number of oxime groups is 1. The maximum absolute atomic E-state index is 12.6. The third-order valence-electron chi connectivity index (χ3n) is 5.35. The minimum Gasteiger partial charge on any atom is -0.505 e. The summed E-state index contributed by atoms with van der Waals surface area (Å²) < 4.78 is 0. The fraction of sp³-hybridized carbons (Fsp3) is 0.261. The minimum absolute atomic E-state index is 0.0693. The lowest BCUT2D eigenvalue weighted by Crippen LogP contribution is -2.17. The Bertz CT molecular complexity index is 1150. The lowest BCUT2D eigenvalue weighted by molar-refractivity contribution is 0.0814. The summed E-state index contributed by atoms with van der Waals surface area (Å²) in [7, 11) is 3.21. The molecule has 0 bridgehead atoms. The van der Waals surface area contributed by atoms with Gasteiger partial charge in [0, 0.05) is 30.7 Å². The van der Waals surface area contributed by atoms with Gasteiger partial charge in [-0.1, -0.05) is 35.0 Å². The number of phenolic OH excluding ortho intramolecular Hbond substituents is 1. The van der Waals surface area contributed by atoms with Crippen LogP contribution in [0.5, 0.6) is 5.75 Å². The molecule has 0 saturated carbocycles. The molecule has 6 heteroatoms. The van der Waals surface area contributed by atoms with E-state index in [2.05, 4.69) is 41.3 Å². The molecule has 148 valence electrons. The molecule has 29 heavy (non-hydrogen) atoms. The van der Waals surface area contributed by atoms with Gasteiger partial charge in [-0.05, 0) is 43.0 Å². The normalized spacial score (nSPS) is 13.9. The third kappa shape index (κ3) is 3.20. The summed E-state index contributed by atoms with van der Waals surface area (Å²) in [5, 5.41) is 15.7. The highest BCUT2D eigenvalue weighted by Gasteiger charge is 2.33. The molecule has 2 aromatic carbocycles. The molecule has 0 unspecified atom stereocenters. The highest BCUT2D eigenvalue weighted by Crippen LogP contribution is 2.39. The highest BCUT2D eigenvalue weighted by atomic mass is 16.6. The van der Waals surface area contributed by atoms with Gasteiger partial charge in [0.05, 0.1) is 11.3 Å². The van der Waals surface area contributed by atoms with Crippen LogP contribution in [0, 0.1) is 6.92 Å². The van der Waals surface area contributed by atoms with Gasteiger partial charge in [0.1, 0.15) is 12.6 Å². The van der Waals surface area contributed by atoms with E-state index in [1.54, 1.807) is 18.1 Å². The number of nitrogens with zero attached hydrogens (tertiary/aromatic N) is 3. The van der Waals surface area contributed by atoms with Crippen molar-refractivity contribution in [3.8, 4) is 5.75 Å². The van der Waals surface area contributed by atoms with Crippen molar-refractivity contribution in [3.05, 3.63) is 69.9 Å². The van der Waals surface area contributed by atoms with Crippen LogP contribution in [0.15, 0.2) is 41.7 Å². The number of aromatic hydroxyl groups is 1. The zero-order chi connectivity index (χ0) is 20.7. The summed E-state index contributed by atoms with van der Waals surface area (Å²) in [4.78, 5) is 23.7. The Kier molecular flexibility index (Phi) is 4.70. The molecule has 1 N–H and O–H groups in total. The number of amides is 1. The van der Waals surface area contributed by atoms with Crippen molar-refractivity contribution >= 4 is 22.5 Å². The molecule has 0 atom stereocenters. The van der Waals surface area contributed by atoms with Crippen molar-refractivity contribution in [1.29, 1.82) is 0 Å². The Morgan fingerprint density at radius 2 is 2.00 bits per heavy atom. The molecule has 0 aliphatic carbocycles. The molecule has 1 aliphatic rings. The van der Waals surface area contributed by atoms with Gasteiger partial charge < -0.3 is 14.8 Å². The largest absolute Gasteiger partial charge is 0.505 e. The van der Waals surface area contributed by atoms with Crippen LogP contribution in [0.1, 0.15) is 45.1 Å². The Morgan fingerprint density at radius 3 is 2.69 bits per heavy atom. The number of pyridine rings is 1. The van der Waals surface area contributed by atoms with E-state index in [4.69, 9.17) is 4.84 Å². The van der Waals surface area contributed by atoms with Crippen LogP contribution >= 0.6 is 0 Å². The number of aryl methyl sites for hydroxylation is 1. The van der Waals surface area contributed by atoms with E-state index in [1.807, 2.05) is 13.0 Å². The first-order valence-electron chi connectivity index (χ1n) is 9.46. The van der Waals surface area contributed by atoms with Gasteiger partial charge >= 0.3 is 0 Å². The number of aromatic nitrogens is 1. The monoisotopic (exact) mass is 389 g/mol. The van der Waals surface area contributed by atoms with E-state index in [9.17, 15) is 9.90 Å². The van der Waals surface area contributed by atoms with Gasteiger partial charge in [-0.15, -0.1) is 0 Å². The van der Waals surface area contributed by atoms with Crippen LogP contribution in [-0.2, 0) is 17.8 Å². The smallest absolute Gasteiger partial charge is 0.258 e. The summed E-state index contributed by atoms with van der Waals surface area (Å²) in [6, 6.07) is 10.4. The number of hydrogen-bond acceptors (Lipinski definition) is 5. The first-order valence-corrected chi connectivity index (χ1v) is 9.46. The Labute approximate surface area is 169 Å². The van der Waals surface area contributed by atoms with Crippen LogP contribution in [0.25, 0.3) is 10.9 Å². The minimum atomic E-state index is -0.212. The Hall–Kier alpha value is -3.41. The van der Waals surface area contributed by atoms with Gasteiger partial charge in [0.2, 0.25) is 0 Å². The van der Waals surface area contributed by atoms with Gasteiger partial charge in [0.15, 0.2) is 5.75 Å². The first-order chi connectivity index (χ1) is 13.9. The highest BCUT2D eigenvalue weighted by molar-refractivity contribution is 6.17. The molecule has 1 amide bonds. The lowest BCUT2D eigenvalue weighted by atomic mass is 9.92. The molecule has 0 radical (unpaired) electrons. The molecular weight excluding hydrogens is 366 g/mol. The number of carbonyl (C=O) groups excluding carboxylic acids is 1. The molecule has 1 aliphatic heterocycles. The fourth-order valence-corrected chi connectivity index (χ4v) is 3.96. The second-order valence-electron chi connectivity index (χ2n) is 7.50. The number of carbonyl (C=O) groups is 1. The third-order valence-corrected chi connectivity index (χ3v) is 5.35. The van der Waals surface area contributed by atoms with Crippen LogP contribution in [-0.4, -0.2) is 40.8 Å². The molecule has 1 aromatic heterocycles. The fourth-order valence-electron chi connectivity index (χ4n) is 3.96. The summed E-state index contributed by atoms with van der Waals surface area (Å²) in [6.07, 6.45) is 2.48. The molecule has 0 fully saturated rings. The predicted molar refractivity (Wildman–Crippen MR) is 112 cm³/mol. The van der Waals surface area contributed by atoms with Crippen molar-refractivity contribution in [2.45, 2.75) is 26.8 Å². The predicted octanol–water partition coefficient (Wildman–Crippen LogP) is 3.80. The molecule has 0 saturated heterocycles. The zero-order valence-corrected chi connectivity index (χ0v) is 17.0. The van der Waals surface area contributed by atoms with Gasteiger partial charge in [0.25, 0.3) is 5.91 Å². The standard InChI is InChI=1S/C23H23N3O3/c1-13-5-7-15(8-6-13)9-16-10-17-19(14(2)25-29-4)18-12-26(3)23(28)20(18)22(27)21(17)24-11-16/h5-8,10-11,27H,9,12H2,1-4H3/b25-14+. The number of rotatable bonds is 4. The molecule has 2 heterocycles. The number of hydrogen-bond donors (Lipinski definition) is 1. The molecule has 6 nitrogen and oxygen atoms in total. The molecular formula is C23H23N3O3. The van der Waals surface area contributed by atoms with E-state index in [-0.39, 0.29) is 11.7 Å². The van der Waals surface area contributed by atoms with E-state index >= 15 is 0 Å². The molecule has 0 spiro atoms. The number of benzene rings is 2. The van der Waals surface area contributed by atoms with E-state index in [0.29, 0.717) is 23.3 Å². The van der Waals surface area contributed by atoms with Gasteiger partial charge in [-0.3, -0.25) is 9.78 Å². The van der Waals surface area contributed by atoms with Crippen molar-refractivity contribution < 1.29 is 14.7 Å². The van der Waals surface area contributed by atoms with Crippen molar-refractivity contribution in [2.24, 2.45) is 5.16 Å². The average molecular weight is 389 g/mol. The Morgan fingerprint density at radius 1 is 1.28 bits per heavy atom. The second-order valence-corrected chi connectivity index (χ2v) is 7.50. The summed E-state index contributed by atoms with van der Waals surface area (Å²) >= 11 is 0. The topological polar surface area (TPSA) is 75.0 Å². The van der Waals surface area contributed by atoms with E-state index in [0.717, 1.165) is 28.5 Å². The summed E-state index contributed by atoms with van der Waals surface area (Å²) in [6.45, 7) is 4.31. The van der Waals surface area contributed by atoms with Gasteiger partial charge in [-0.2, -0.15) is 0 Å². The number of fused-ring (bicyclic) bond motifs is 2. The first kappa shape index (κ1) is 18.9. The van der Waals surface area contributed by atoms with E-state index < -0.39 is 0 Å². The SMILES string of the molecule is CO/N=C(\C)c1c2c(c(O)c3ncc(Cc4ccc(C)cc4)cc13)C(=O)N(C)C2. The Balaban J connectivity index is 1.93.